The average Bonchev–Trinajstić information content (AvgIpc) is 3.06. The van der Waals surface area contributed by atoms with Crippen molar-refractivity contribution in [1.82, 2.24) is 9.55 Å². The van der Waals surface area contributed by atoms with Gasteiger partial charge in [-0.25, -0.2) is 0 Å². The zero-order valence-electron chi connectivity index (χ0n) is 12.3. The predicted octanol–water partition coefficient (Wildman–Crippen LogP) is 4.56. The number of hydrogen-bond donors (Lipinski definition) is 0. The molecule has 0 radical (unpaired) electrons. The summed E-state index contributed by atoms with van der Waals surface area (Å²) in [6.07, 6.45) is 5.68. The van der Waals surface area contributed by atoms with Gasteiger partial charge >= 0.3 is 0 Å². The van der Waals surface area contributed by atoms with Crippen molar-refractivity contribution in [2.45, 2.75) is 0 Å². The predicted molar refractivity (Wildman–Crippen MR) is 91.2 cm³/mol. The van der Waals surface area contributed by atoms with E-state index in [1.165, 1.54) is 0 Å². The number of nitrogens with zero attached hydrogens (tertiary/aromatic N) is 3. The van der Waals surface area contributed by atoms with Crippen LogP contribution in [0.15, 0.2) is 79.3 Å². The maximum absolute atomic E-state index is 9.11. The molecular formula is C20H13N3. The molecule has 0 bridgehead atoms. The van der Waals surface area contributed by atoms with Gasteiger partial charge < -0.3 is 4.57 Å². The number of hydrogen-bond acceptors (Lipinski definition) is 2. The fourth-order valence-corrected chi connectivity index (χ4v) is 2.90. The number of rotatable bonds is 2. The first-order chi connectivity index (χ1) is 11.4. The van der Waals surface area contributed by atoms with Gasteiger partial charge in [-0.15, -0.1) is 0 Å². The van der Waals surface area contributed by atoms with E-state index in [9.17, 15) is 0 Å². The van der Waals surface area contributed by atoms with Crippen molar-refractivity contribution in [1.29, 1.82) is 5.26 Å². The second-order valence-electron chi connectivity index (χ2n) is 5.33. The van der Waals surface area contributed by atoms with E-state index in [0.717, 1.165) is 27.7 Å². The lowest BCUT2D eigenvalue weighted by Gasteiger charge is -2.07. The van der Waals surface area contributed by atoms with Gasteiger partial charge in [0, 0.05) is 17.8 Å². The van der Waals surface area contributed by atoms with Crippen LogP contribution in [0.3, 0.4) is 0 Å². The van der Waals surface area contributed by atoms with Gasteiger partial charge in [0.25, 0.3) is 0 Å². The smallest absolute Gasteiger partial charge is 0.0991 e. The molecule has 2 aromatic carbocycles. The highest BCUT2D eigenvalue weighted by molar-refractivity contribution is 5.96. The van der Waals surface area contributed by atoms with E-state index in [4.69, 9.17) is 5.26 Å². The molecule has 2 heterocycles. The standard InChI is InChI=1S/C20H13N3/c21-13-15-4-1-5-16(12-15)18-7-2-8-20-19(18)9-11-23(20)17-6-3-10-22-14-17/h1-12,14H. The molecule has 3 heteroatoms. The Hall–Kier alpha value is -3.38. The summed E-state index contributed by atoms with van der Waals surface area (Å²) in [6, 6.07) is 22.2. The maximum atomic E-state index is 9.11. The molecule has 0 unspecified atom stereocenters. The molecule has 0 amide bonds. The van der Waals surface area contributed by atoms with Gasteiger partial charge in [0.1, 0.15) is 0 Å². The molecule has 0 spiro atoms. The van der Waals surface area contributed by atoms with Crippen molar-refractivity contribution < 1.29 is 0 Å². The molecule has 3 nitrogen and oxygen atoms in total. The highest BCUT2D eigenvalue weighted by Gasteiger charge is 2.09. The highest BCUT2D eigenvalue weighted by atomic mass is 15.0. The van der Waals surface area contributed by atoms with Crippen LogP contribution >= 0.6 is 0 Å². The third kappa shape index (κ3) is 2.27. The second-order valence-corrected chi connectivity index (χ2v) is 5.33. The van der Waals surface area contributed by atoms with Gasteiger partial charge in [0.15, 0.2) is 0 Å². The number of pyridine rings is 1. The fourth-order valence-electron chi connectivity index (χ4n) is 2.90. The van der Waals surface area contributed by atoms with Gasteiger partial charge in [-0.05, 0) is 47.5 Å². The monoisotopic (exact) mass is 295 g/mol. The van der Waals surface area contributed by atoms with Crippen molar-refractivity contribution in [3.05, 3.63) is 84.8 Å². The minimum atomic E-state index is 0.672. The lowest BCUT2D eigenvalue weighted by atomic mass is 10.00. The van der Waals surface area contributed by atoms with Crippen LogP contribution in [-0.4, -0.2) is 9.55 Å². The molecule has 0 aliphatic rings. The first-order valence-corrected chi connectivity index (χ1v) is 7.38. The quantitative estimate of drug-likeness (QED) is 0.544. The van der Waals surface area contributed by atoms with Crippen molar-refractivity contribution >= 4 is 10.9 Å². The van der Waals surface area contributed by atoms with Gasteiger partial charge in [-0.1, -0.05) is 24.3 Å². The van der Waals surface area contributed by atoms with Crippen molar-refractivity contribution in [2.75, 3.05) is 0 Å². The summed E-state index contributed by atoms with van der Waals surface area (Å²) in [4.78, 5) is 4.19. The Balaban J connectivity index is 1.93. The van der Waals surface area contributed by atoms with Crippen LogP contribution < -0.4 is 0 Å². The van der Waals surface area contributed by atoms with Crippen LogP contribution in [-0.2, 0) is 0 Å². The first kappa shape index (κ1) is 13.3. The SMILES string of the molecule is N#Cc1cccc(-c2cccc3c2ccn3-c2cccnc2)c1. The van der Waals surface area contributed by atoms with E-state index in [-0.39, 0.29) is 0 Å². The Kier molecular flexibility index (Phi) is 3.14. The molecule has 23 heavy (non-hydrogen) atoms. The zero-order valence-corrected chi connectivity index (χ0v) is 12.3. The summed E-state index contributed by atoms with van der Waals surface area (Å²) in [5, 5.41) is 10.3. The van der Waals surface area contributed by atoms with Crippen molar-refractivity contribution in [3.8, 4) is 22.9 Å². The van der Waals surface area contributed by atoms with Crippen molar-refractivity contribution in [3.63, 3.8) is 0 Å². The Labute approximate surface area is 134 Å². The minimum Gasteiger partial charge on any atom is -0.315 e. The number of fused-ring (bicyclic) bond motifs is 1. The molecule has 0 saturated heterocycles. The summed E-state index contributed by atoms with van der Waals surface area (Å²) in [5.74, 6) is 0. The third-order valence-corrected chi connectivity index (χ3v) is 3.96. The lowest BCUT2D eigenvalue weighted by molar-refractivity contribution is 1.10. The summed E-state index contributed by atoms with van der Waals surface area (Å²) in [5.41, 5.74) is 5.01. The summed E-state index contributed by atoms with van der Waals surface area (Å²) in [7, 11) is 0. The number of benzene rings is 2. The number of nitriles is 1. The fraction of sp³-hybridized carbons (Fsp3) is 0. The van der Waals surface area contributed by atoms with E-state index < -0.39 is 0 Å². The Morgan fingerprint density at radius 2 is 1.87 bits per heavy atom. The van der Waals surface area contributed by atoms with Crippen LogP contribution in [0, 0.1) is 11.3 Å². The first-order valence-electron chi connectivity index (χ1n) is 7.38. The molecule has 4 aromatic rings. The van der Waals surface area contributed by atoms with Crippen LogP contribution in [0.2, 0.25) is 0 Å². The molecule has 0 saturated carbocycles. The summed E-state index contributed by atoms with van der Waals surface area (Å²) >= 11 is 0. The van der Waals surface area contributed by atoms with Gasteiger partial charge in [-0.2, -0.15) is 5.26 Å². The Morgan fingerprint density at radius 1 is 0.957 bits per heavy atom. The zero-order chi connectivity index (χ0) is 15.6. The van der Waals surface area contributed by atoms with Crippen LogP contribution in [0.5, 0.6) is 0 Å². The normalized spacial score (nSPS) is 10.6. The molecule has 108 valence electrons. The third-order valence-electron chi connectivity index (χ3n) is 3.96. The molecule has 0 aliphatic carbocycles. The van der Waals surface area contributed by atoms with Crippen molar-refractivity contribution in [2.24, 2.45) is 0 Å². The average molecular weight is 295 g/mol. The highest BCUT2D eigenvalue weighted by Crippen LogP contribution is 2.31. The van der Waals surface area contributed by atoms with Gasteiger partial charge in [0.05, 0.1) is 29.0 Å². The maximum Gasteiger partial charge on any atom is 0.0991 e. The van der Waals surface area contributed by atoms with E-state index in [1.807, 2.05) is 48.7 Å². The van der Waals surface area contributed by atoms with Crippen LogP contribution in [0.1, 0.15) is 5.56 Å². The van der Waals surface area contributed by atoms with E-state index >= 15 is 0 Å². The Bertz CT molecular complexity index is 1020. The lowest BCUT2D eigenvalue weighted by Crippen LogP contribution is -1.92. The van der Waals surface area contributed by atoms with Crippen LogP contribution in [0.4, 0.5) is 0 Å². The molecule has 0 N–H and O–H groups in total. The Morgan fingerprint density at radius 3 is 2.70 bits per heavy atom. The van der Waals surface area contributed by atoms with Gasteiger partial charge in [0.2, 0.25) is 0 Å². The molecule has 4 rings (SSSR count). The molecular weight excluding hydrogens is 282 g/mol. The van der Waals surface area contributed by atoms with E-state index in [2.05, 4.69) is 40.0 Å². The summed E-state index contributed by atoms with van der Waals surface area (Å²) < 4.78 is 2.12. The van der Waals surface area contributed by atoms with Crippen LogP contribution in [0.25, 0.3) is 27.7 Å². The van der Waals surface area contributed by atoms with Gasteiger partial charge in [-0.3, -0.25) is 4.98 Å². The van der Waals surface area contributed by atoms with E-state index in [0.29, 0.717) is 5.56 Å². The van der Waals surface area contributed by atoms with E-state index in [1.54, 1.807) is 6.20 Å². The molecule has 0 aliphatic heterocycles. The topological polar surface area (TPSA) is 41.6 Å². The molecule has 0 fully saturated rings. The number of aromatic nitrogens is 2. The molecule has 0 atom stereocenters. The summed E-state index contributed by atoms with van der Waals surface area (Å²) in [6.45, 7) is 0. The second kappa shape index (κ2) is 5.43. The molecule has 2 aromatic heterocycles. The largest absolute Gasteiger partial charge is 0.315 e. The minimum absolute atomic E-state index is 0.672.